The Kier molecular flexibility index (Phi) is 6.19. The number of aromatic hydroxyl groups is 1. The molecule has 166 valence electrons. The van der Waals surface area contributed by atoms with Gasteiger partial charge in [-0.15, -0.1) is 0 Å². The number of nitrogens with zero attached hydrogens (tertiary/aromatic N) is 3. The summed E-state index contributed by atoms with van der Waals surface area (Å²) in [6, 6.07) is 19.6. The number of aliphatic imine (C=N–C) groups is 1. The summed E-state index contributed by atoms with van der Waals surface area (Å²) in [5.41, 5.74) is 3.97. The normalized spacial score (nSPS) is 13.5. The van der Waals surface area contributed by atoms with Crippen LogP contribution in [0.15, 0.2) is 76.6 Å². The number of hydrogen-bond acceptors (Lipinski definition) is 5. The zero-order valence-corrected chi connectivity index (χ0v) is 19.1. The van der Waals surface area contributed by atoms with Crippen molar-refractivity contribution >= 4 is 33.3 Å². The van der Waals surface area contributed by atoms with E-state index in [1.807, 2.05) is 36.4 Å². The zero-order valence-electron chi connectivity index (χ0n) is 18.3. The van der Waals surface area contributed by atoms with Crippen LogP contribution in [-0.4, -0.2) is 39.4 Å². The second-order valence-corrected chi connectivity index (χ2v) is 9.49. The third-order valence-electron chi connectivity index (χ3n) is 5.76. The zero-order chi connectivity index (χ0) is 22.7. The predicted molar refractivity (Wildman–Crippen MR) is 130 cm³/mol. The van der Waals surface area contributed by atoms with Gasteiger partial charge < -0.3 is 10.0 Å². The Labute approximate surface area is 189 Å². The van der Waals surface area contributed by atoms with E-state index in [0.29, 0.717) is 24.2 Å². The van der Waals surface area contributed by atoms with Crippen molar-refractivity contribution in [2.45, 2.75) is 25.2 Å². The molecule has 1 aliphatic rings. The van der Waals surface area contributed by atoms with Crippen molar-refractivity contribution in [1.29, 1.82) is 0 Å². The van der Waals surface area contributed by atoms with E-state index < -0.39 is 10.0 Å². The van der Waals surface area contributed by atoms with Crippen LogP contribution in [0.2, 0.25) is 0 Å². The van der Waals surface area contributed by atoms with Crippen LogP contribution in [0, 0.1) is 0 Å². The lowest BCUT2D eigenvalue weighted by Gasteiger charge is -2.21. The van der Waals surface area contributed by atoms with Crippen LogP contribution in [0.4, 0.5) is 17.1 Å². The van der Waals surface area contributed by atoms with Gasteiger partial charge >= 0.3 is 0 Å². The van der Waals surface area contributed by atoms with Gasteiger partial charge in [-0.25, -0.2) is 8.42 Å². The van der Waals surface area contributed by atoms with Gasteiger partial charge in [0, 0.05) is 43.2 Å². The summed E-state index contributed by atoms with van der Waals surface area (Å²) in [5.74, 6) is 0.157. The predicted octanol–water partition coefficient (Wildman–Crippen LogP) is 4.74. The van der Waals surface area contributed by atoms with E-state index in [2.05, 4.69) is 23.7 Å². The first-order valence-corrected chi connectivity index (χ1v) is 12.2. The van der Waals surface area contributed by atoms with Crippen molar-refractivity contribution in [3.8, 4) is 5.75 Å². The average molecular weight is 450 g/mol. The van der Waals surface area contributed by atoms with Crippen molar-refractivity contribution in [1.82, 2.24) is 0 Å². The number of hydrogen-bond donors (Lipinski definition) is 1. The molecule has 0 unspecified atom stereocenters. The molecular weight excluding hydrogens is 422 g/mol. The number of benzene rings is 3. The van der Waals surface area contributed by atoms with Gasteiger partial charge in [-0.2, -0.15) is 0 Å². The Morgan fingerprint density at radius 2 is 1.75 bits per heavy atom. The van der Waals surface area contributed by atoms with E-state index in [1.165, 1.54) is 4.31 Å². The first-order chi connectivity index (χ1) is 15.4. The van der Waals surface area contributed by atoms with Crippen molar-refractivity contribution in [3.05, 3.63) is 77.9 Å². The molecule has 0 saturated carbocycles. The highest BCUT2D eigenvalue weighted by Crippen LogP contribution is 2.33. The topological polar surface area (TPSA) is 73.2 Å². The van der Waals surface area contributed by atoms with Crippen LogP contribution in [0.25, 0.3) is 0 Å². The minimum absolute atomic E-state index is 0.157. The highest BCUT2D eigenvalue weighted by molar-refractivity contribution is 7.92. The summed E-state index contributed by atoms with van der Waals surface area (Å²) >= 11 is 0. The average Bonchev–Trinajstić information content (AvgIpc) is 3.25. The Balaban J connectivity index is 1.52. The van der Waals surface area contributed by atoms with E-state index in [0.717, 1.165) is 30.0 Å². The molecule has 0 amide bonds. The highest BCUT2D eigenvalue weighted by atomic mass is 32.2. The molecule has 4 rings (SSSR count). The van der Waals surface area contributed by atoms with Crippen LogP contribution in [0.1, 0.15) is 25.0 Å². The Morgan fingerprint density at radius 3 is 2.44 bits per heavy atom. The van der Waals surface area contributed by atoms with Gasteiger partial charge in [0.1, 0.15) is 5.75 Å². The molecule has 0 atom stereocenters. The summed E-state index contributed by atoms with van der Waals surface area (Å²) in [6.45, 7) is 6.32. The molecule has 0 spiro atoms. The molecule has 0 radical (unpaired) electrons. The molecule has 32 heavy (non-hydrogen) atoms. The lowest BCUT2D eigenvalue weighted by atomic mass is 10.2. The molecule has 3 aromatic carbocycles. The maximum Gasteiger partial charge on any atom is 0.264 e. The van der Waals surface area contributed by atoms with Crippen LogP contribution >= 0.6 is 0 Å². The number of phenols is 1. The van der Waals surface area contributed by atoms with E-state index in [9.17, 15) is 13.5 Å². The Morgan fingerprint density at radius 1 is 1.03 bits per heavy atom. The summed E-state index contributed by atoms with van der Waals surface area (Å²) in [5, 5.41) is 10.4. The molecule has 3 aromatic rings. The summed E-state index contributed by atoms with van der Waals surface area (Å²) in [6.07, 6.45) is 2.30. The van der Waals surface area contributed by atoms with Crippen LogP contribution in [0.5, 0.6) is 5.75 Å². The molecule has 0 saturated heterocycles. The van der Waals surface area contributed by atoms with Crippen LogP contribution in [0.3, 0.4) is 0 Å². The largest absolute Gasteiger partial charge is 0.507 e. The standard InChI is InChI=1S/C25H27N3O3S/c1-3-27(4-2)22-12-9-20(25(29)17-22)18-26-21-10-13-23(14-11-21)32(30,31)28-16-15-19-7-5-6-8-24(19)28/h5-14,17-18,29H,3-4,15-16H2,1-2H3. The molecule has 0 aliphatic carbocycles. The Bertz CT molecular complexity index is 1230. The van der Waals surface area contributed by atoms with Crippen LogP contribution in [-0.2, 0) is 16.4 Å². The second-order valence-electron chi connectivity index (χ2n) is 7.62. The fraction of sp³-hybridized carbons (Fsp3) is 0.240. The second kappa shape index (κ2) is 9.04. The lowest BCUT2D eigenvalue weighted by molar-refractivity contribution is 0.474. The number of sulfonamides is 1. The van der Waals surface area contributed by atoms with Crippen molar-refractivity contribution in [2.75, 3.05) is 28.8 Å². The lowest BCUT2D eigenvalue weighted by Crippen LogP contribution is -2.29. The van der Waals surface area contributed by atoms with Gasteiger partial charge in [0.15, 0.2) is 0 Å². The van der Waals surface area contributed by atoms with E-state index in [-0.39, 0.29) is 10.6 Å². The van der Waals surface area contributed by atoms with Crippen molar-refractivity contribution < 1.29 is 13.5 Å². The SMILES string of the molecule is CCN(CC)c1ccc(C=Nc2ccc(S(=O)(=O)N3CCc4ccccc43)cc2)c(O)c1. The first kappa shape index (κ1) is 21.9. The van der Waals surface area contributed by atoms with Gasteiger partial charge in [-0.3, -0.25) is 9.30 Å². The quantitative estimate of drug-likeness (QED) is 0.529. The van der Waals surface area contributed by atoms with Gasteiger partial charge in [0.25, 0.3) is 10.0 Å². The molecule has 1 heterocycles. The van der Waals surface area contributed by atoms with Crippen LogP contribution < -0.4 is 9.21 Å². The third-order valence-corrected chi connectivity index (χ3v) is 7.59. The van der Waals surface area contributed by atoms with E-state index >= 15 is 0 Å². The number of rotatable bonds is 7. The smallest absolute Gasteiger partial charge is 0.264 e. The molecule has 6 nitrogen and oxygen atoms in total. The fourth-order valence-electron chi connectivity index (χ4n) is 3.96. The van der Waals surface area contributed by atoms with Gasteiger partial charge in [0.2, 0.25) is 0 Å². The van der Waals surface area contributed by atoms with E-state index in [4.69, 9.17) is 0 Å². The third kappa shape index (κ3) is 4.21. The van der Waals surface area contributed by atoms with Gasteiger partial charge in [0.05, 0.1) is 16.3 Å². The number of para-hydroxylation sites is 1. The Hall–Kier alpha value is -3.32. The number of anilines is 2. The monoisotopic (exact) mass is 449 g/mol. The van der Waals surface area contributed by atoms with E-state index in [1.54, 1.807) is 36.5 Å². The molecule has 1 N–H and O–H groups in total. The molecule has 1 aliphatic heterocycles. The fourth-order valence-corrected chi connectivity index (χ4v) is 5.46. The molecular formula is C25H27N3O3S. The minimum Gasteiger partial charge on any atom is -0.507 e. The molecule has 0 fully saturated rings. The summed E-state index contributed by atoms with van der Waals surface area (Å²) in [7, 11) is -3.62. The highest BCUT2D eigenvalue weighted by Gasteiger charge is 2.30. The summed E-state index contributed by atoms with van der Waals surface area (Å²) < 4.78 is 27.7. The van der Waals surface area contributed by atoms with Gasteiger partial charge in [-0.05, 0) is 68.3 Å². The first-order valence-electron chi connectivity index (χ1n) is 10.8. The molecule has 0 aromatic heterocycles. The minimum atomic E-state index is -3.62. The number of fused-ring (bicyclic) bond motifs is 1. The molecule has 7 heteroatoms. The molecule has 0 bridgehead atoms. The van der Waals surface area contributed by atoms with Gasteiger partial charge in [-0.1, -0.05) is 18.2 Å². The maximum atomic E-state index is 13.1. The summed E-state index contributed by atoms with van der Waals surface area (Å²) in [4.78, 5) is 6.79. The number of phenolic OH excluding ortho intramolecular Hbond substituents is 1. The maximum absolute atomic E-state index is 13.1. The van der Waals surface area contributed by atoms with Crippen molar-refractivity contribution in [2.24, 2.45) is 4.99 Å². The van der Waals surface area contributed by atoms with Crippen molar-refractivity contribution in [3.63, 3.8) is 0 Å².